The zero-order chi connectivity index (χ0) is 10.1. The third-order valence-electron chi connectivity index (χ3n) is 1.40. The fraction of sp³-hybridized carbons (Fsp3) is 0.571. The largest absolute Gasteiger partial charge is 0.374 e. The predicted octanol–water partition coefficient (Wildman–Crippen LogP) is 0.713. The van der Waals surface area contributed by atoms with Crippen molar-refractivity contribution in [2.45, 2.75) is 19.1 Å². The average molecular weight is 220 g/mol. The first-order valence-corrected chi connectivity index (χ1v) is 6.43. The Kier molecular flexibility index (Phi) is 3.02. The van der Waals surface area contributed by atoms with E-state index in [1.54, 1.807) is 11.8 Å². The third kappa shape index (κ3) is 2.73. The van der Waals surface area contributed by atoms with Crippen LogP contribution in [-0.4, -0.2) is 24.6 Å². The van der Waals surface area contributed by atoms with Crippen LogP contribution in [0.1, 0.15) is 13.8 Å². The van der Waals surface area contributed by atoms with Gasteiger partial charge in [-0.2, -0.15) is 11.8 Å². The van der Waals surface area contributed by atoms with Gasteiger partial charge in [0.15, 0.2) is 0 Å². The summed E-state index contributed by atoms with van der Waals surface area (Å²) in [5.74, 6) is 0.595. The molecule has 0 bridgehead atoms. The van der Waals surface area contributed by atoms with Crippen molar-refractivity contribution in [1.29, 1.82) is 0 Å². The molecule has 0 amide bonds. The molecule has 0 spiro atoms. The van der Waals surface area contributed by atoms with Crippen molar-refractivity contribution in [3.05, 3.63) is 11.1 Å². The van der Waals surface area contributed by atoms with E-state index in [-0.39, 0.29) is 5.17 Å². The van der Waals surface area contributed by atoms with Crippen LogP contribution in [0.5, 0.6) is 0 Å². The minimum Gasteiger partial charge on any atom is -0.374 e. The van der Waals surface area contributed by atoms with Crippen LogP contribution < -0.4 is 5.73 Å². The topological polar surface area (TPSA) is 72.5 Å². The molecule has 0 aromatic heterocycles. The molecule has 0 aromatic carbocycles. The van der Waals surface area contributed by atoms with E-state index in [1.165, 1.54) is 0 Å². The van der Waals surface area contributed by atoms with E-state index in [2.05, 4.69) is 4.99 Å². The monoisotopic (exact) mass is 220 g/mol. The number of hydrogen-bond donors (Lipinski definition) is 1. The molecule has 0 aromatic rings. The first-order valence-electron chi connectivity index (χ1n) is 3.83. The molecular formula is C7H12N2O2S2. The highest BCUT2D eigenvalue weighted by atomic mass is 32.2. The van der Waals surface area contributed by atoms with E-state index in [0.29, 0.717) is 16.7 Å². The lowest BCUT2D eigenvalue weighted by Crippen LogP contribution is -2.18. The molecule has 1 heterocycles. The molecule has 0 radical (unpaired) electrons. The molecule has 1 rings (SSSR count). The molecule has 0 unspecified atom stereocenters. The predicted molar refractivity (Wildman–Crippen MR) is 56.2 cm³/mol. The summed E-state index contributed by atoms with van der Waals surface area (Å²) in [6, 6.07) is 0. The summed E-state index contributed by atoms with van der Waals surface area (Å²) in [5.41, 5.74) is 5.75. The molecule has 74 valence electrons. The van der Waals surface area contributed by atoms with Gasteiger partial charge in [0, 0.05) is 5.75 Å². The number of nitrogens with two attached hydrogens (primary N) is 1. The van der Waals surface area contributed by atoms with Gasteiger partial charge in [-0.15, -0.1) is 0 Å². The van der Waals surface area contributed by atoms with Gasteiger partial charge in [0.25, 0.3) is 0 Å². The van der Waals surface area contributed by atoms with Crippen molar-refractivity contribution in [1.82, 2.24) is 0 Å². The SMILES string of the molecule is CC(C)SCC1=CS(=O)(=O)C(N)=N1. The normalized spacial score (nSPS) is 20.2. The van der Waals surface area contributed by atoms with Gasteiger partial charge in [-0.05, 0) is 5.25 Å². The third-order valence-corrected chi connectivity index (χ3v) is 3.79. The molecule has 6 heteroatoms. The van der Waals surface area contributed by atoms with Crippen LogP contribution in [0.2, 0.25) is 0 Å². The quantitative estimate of drug-likeness (QED) is 0.760. The minimum absolute atomic E-state index is 0.285. The van der Waals surface area contributed by atoms with Crippen molar-refractivity contribution in [3.63, 3.8) is 0 Å². The van der Waals surface area contributed by atoms with Crippen LogP contribution in [-0.2, 0) is 9.84 Å². The Morgan fingerprint density at radius 2 is 2.23 bits per heavy atom. The molecular weight excluding hydrogens is 208 g/mol. The molecule has 4 nitrogen and oxygen atoms in total. The molecule has 0 saturated heterocycles. The van der Waals surface area contributed by atoms with E-state index < -0.39 is 9.84 Å². The fourth-order valence-electron chi connectivity index (χ4n) is 0.789. The first kappa shape index (κ1) is 10.6. The summed E-state index contributed by atoms with van der Waals surface area (Å²) in [4.78, 5) is 3.76. The van der Waals surface area contributed by atoms with Crippen LogP contribution in [0.4, 0.5) is 0 Å². The summed E-state index contributed by atoms with van der Waals surface area (Å²) in [6.45, 7) is 4.09. The number of amidine groups is 1. The van der Waals surface area contributed by atoms with Crippen LogP contribution in [0.3, 0.4) is 0 Å². The maximum Gasteiger partial charge on any atom is 0.234 e. The highest BCUT2D eigenvalue weighted by Gasteiger charge is 2.21. The van der Waals surface area contributed by atoms with E-state index in [9.17, 15) is 8.42 Å². The van der Waals surface area contributed by atoms with Crippen LogP contribution >= 0.6 is 11.8 Å². The Balaban J connectivity index is 2.67. The average Bonchev–Trinajstić information content (AvgIpc) is 2.22. The number of rotatable bonds is 3. The second-order valence-corrected chi connectivity index (χ2v) is 6.27. The lowest BCUT2D eigenvalue weighted by molar-refractivity contribution is 0.615. The summed E-state index contributed by atoms with van der Waals surface area (Å²) in [6.07, 6.45) is 0. The maximum absolute atomic E-state index is 11.1. The number of hydrogen-bond acceptors (Lipinski definition) is 5. The van der Waals surface area contributed by atoms with Crippen LogP contribution in [0.15, 0.2) is 16.1 Å². The van der Waals surface area contributed by atoms with Crippen molar-refractivity contribution < 1.29 is 8.42 Å². The van der Waals surface area contributed by atoms with Gasteiger partial charge in [-0.25, -0.2) is 13.4 Å². The number of nitrogens with zero attached hydrogens (tertiary/aromatic N) is 1. The first-order chi connectivity index (χ1) is 5.92. The van der Waals surface area contributed by atoms with Gasteiger partial charge in [0.1, 0.15) is 0 Å². The summed E-state index contributed by atoms with van der Waals surface area (Å²) >= 11 is 1.64. The molecule has 1 aliphatic rings. The molecule has 2 N–H and O–H groups in total. The number of sulfone groups is 1. The maximum atomic E-state index is 11.1. The Morgan fingerprint density at radius 1 is 1.62 bits per heavy atom. The highest BCUT2D eigenvalue weighted by Crippen LogP contribution is 2.19. The van der Waals surface area contributed by atoms with Gasteiger partial charge in [-0.1, -0.05) is 13.8 Å². The van der Waals surface area contributed by atoms with Crippen LogP contribution in [0, 0.1) is 0 Å². The Morgan fingerprint density at radius 3 is 2.62 bits per heavy atom. The van der Waals surface area contributed by atoms with Gasteiger partial charge < -0.3 is 5.73 Å². The van der Waals surface area contributed by atoms with Gasteiger partial charge >= 0.3 is 0 Å². The van der Waals surface area contributed by atoms with Crippen molar-refractivity contribution in [3.8, 4) is 0 Å². The Hall–Kier alpha value is -0.490. The lowest BCUT2D eigenvalue weighted by atomic mass is 10.6. The Labute approximate surface area is 82.2 Å². The standard InChI is InChI=1S/C7H12N2O2S2/c1-5(2)12-3-6-4-13(10,11)7(8)9-6/h4-5H,3H2,1-2H3,(H2,8,9). The smallest absolute Gasteiger partial charge is 0.234 e. The fourth-order valence-corrected chi connectivity index (χ4v) is 2.41. The lowest BCUT2D eigenvalue weighted by Gasteiger charge is -2.01. The summed E-state index contributed by atoms with van der Waals surface area (Å²) in [7, 11) is -3.37. The Bertz CT molecular complexity index is 355. The number of aliphatic imine (C=N–C) groups is 1. The molecule has 0 aliphatic carbocycles. The van der Waals surface area contributed by atoms with Crippen molar-refractivity contribution in [2.24, 2.45) is 10.7 Å². The number of thioether (sulfide) groups is 1. The van der Waals surface area contributed by atoms with Crippen molar-refractivity contribution >= 4 is 26.8 Å². The second kappa shape index (κ2) is 3.71. The zero-order valence-electron chi connectivity index (χ0n) is 7.52. The van der Waals surface area contributed by atoms with Crippen LogP contribution in [0.25, 0.3) is 0 Å². The molecule has 13 heavy (non-hydrogen) atoms. The van der Waals surface area contributed by atoms with E-state index in [0.717, 1.165) is 5.41 Å². The van der Waals surface area contributed by atoms with E-state index in [4.69, 9.17) is 5.73 Å². The molecule has 0 fully saturated rings. The van der Waals surface area contributed by atoms with E-state index >= 15 is 0 Å². The highest BCUT2D eigenvalue weighted by molar-refractivity contribution is 8.09. The summed E-state index contributed by atoms with van der Waals surface area (Å²) < 4.78 is 22.2. The zero-order valence-corrected chi connectivity index (χ0v) is 9.15. The second-order valence-electron chi connectivity index (χ2n) is 2.96. The molecule has 0 saturated carbocycles. The van der Waals surface area contributed by atoms with Gasteiger partial charge in [0.05, 0.1) is 11.1 Å². The van der Waals surface area contributed by atoms with Gasteiger partial charge in [0.2, 0.25) is 15.0 Å². The van der Waals surface area contributed by atoms with E-state index in [1.807, 2.05) is 13.8 Å². The van der Waals surface area contributed by atoms with Gasteiger partial charge in [-0.3, -0.25) is 0 Å². The van der Waals surface area contributed by atoms with Crippen molar-refractivity contribution in [2.75, 3.05) is 5.75 Å². The molecule has 0 atom stereocenters. The summed E-state index contributed by atoms with van der Waals surface area (Å²) in [5, 5.41) is 1.31. The molecule has 1 aliphatic heterocycles. The minimum atomic E-state index is -3.37.